The Morgan fingerprint density at radius 2 is 1.77 bits per heavy atom. The second kappa shape index (κ2) is 8.87. The first-order chi connectivity index (χ1) is 5.66. The fourth-order valence-electron chi connectivity index (χ4n) is 0.453. The molecule has 0 saturated carbocycles. The number of anilines is 1. The summed E-state index contributed by atoms with van der Waals surface area (Å²) in [6.45, 7) is 1.60. The van der Waals surface area contributed by atoms with Gasteiger partial charge < -0.3 is 10.8 Å². The van der Waals surface area contributed by atoms with Gasteiger partial charge in [0.2, 0.25) is 0 Å². The van der Waals surface area contributed by atoms with Gasteiger partial charge in [-0.3, -0.25) is 4.79 Å². The van der Waals surface area contributed by atoms with Crippen molar-refractivity contribution in [1.82, 2.24) is 0 Å². The smallest absolute Gasteiger partial charge is 0.303 e. The molecular formula is C9H14ClNO2. The molecule has 0 unspecified atom stereocenters. The maximum atomic E-state index is 9.37. The van der Waals surface area contributed by atoms with E-state index in [1.807, 2.05) is 30.3 Å². The Kier molecular flexibility index (Phi) is 9.77. The summed E-state index contributed by atoms with van der Waals surface area (Å²) in [7, 11) is 0. The molecule has 0 fully saturated rings. The third-order valence-electron chi connectivity index (χ3n) is 1.10. The molecule has 0 heterocycles. The maximum absolute atomic E-state index is 9.37. The molecule has 0 aliphatic rings. The highest BCUT2D eigenvalue weighted by Crippen LogP contribution is 1.95. The van der Waals surface area contributed by atoms with Crippen LogP contribution in [0.3, 0.4) is 0 Å². The van der Waals surface area contributed by atoms with E-state index in [4.69, 9.17) is 10.8 Å². The van der Waals surface area contributed by atoms with Gasteiger partial charge in [-0.05, 0) is 12.1 Å². The molecule has 3 N–H and O–H groups in total. The zero-order chi connectivity index (χ0) is 9.40. The highest BCUT2D eigenvalue weighted by atomic mass is 35.5. The number of halogens is 1. The van der Waals surface area contributed by atoms with E-state index in [-0.39, 0.29) is 18.8 Å². The summed E-state index contributed by atoms with van der Waals surface area (Å²) in [5.41, 5.74) is 6.18. The van der Waals surface area contributed by atoms with E-state index in [2.05, 4.69) is 0 Å². The van der Waals surface area contributed by atoms with E-state index in [9.17, 15) is 4.79 Å². The van der Waals surface area contributed by atoms with Crippen LogP contribution in [0.15, 0.2) is 30.3 Å². The topological polar surface area (TPSA) is 63.3 Å². The molecule has 0 saturated heterocycles. The van der Waals surface area contributed by atoms with E-state index in [0.717, 1.165) is 5.69 Å². The lowest BCUT2D eigenvalue weighted by molar-refractivity contribution is -0.136. The Morgan fingerprint density at radius 1 is 1.38 bits per heavy atom. The lowest BCUT2D eigenvalue weighted by Gasteiger charge is -1.83. The quantitative estimate of drug-likeness (QED) is 0.688. The minimum Gasteiger partial charge on any atom is -0.481 e. The van der Waals surface area contributed by atoms with Crippen LogP contribution in [0.2, 0.25) is 0 Å². The Hall–Kier alpha value is -1.22. The monoisotopic (exact) mass is 203 g/mol. The van der Waals surface area contributed by atoms with Gasteiger partial charge in [0.15, 0.2) is 0 Å². The zero-order valence-electron chi connectivity index (χ0n) is 7.43. The van der Waals surface area contributed by atoms with Crippen molar-refractivity contribution in [3.63, 3.8) is 0 Å². The number of rotatable bonds is 1. The van der Waals surface area contributed by atoms with Gasteiger partial charge in [0.1, 0.15) is 0 Å². The highest BCUT2D eigenvalue weighted by molar-refractivity contribution is 5.85. The summed E-state index contributed by atoms with van der Waals surface area (Å²) >= 11 is 0. The predicted molar refractivity (Wildman–Crippen MR) is 56.0 cm³/mol. The van der Waals surface area contributed by atoms with Gasteiger partial charge in [-0.15, -0.1) is 12.4 Å². The predicted octanol–water partition coefficient (Wildman–Crippen LogP) is 2.17. The minimum absolute atomic E-state index is 0. The summed E-state index contributed by atoms with van der Waals surface area (Å²) in [6, 6.07) is 9.49. The molecule has 74 valence electrons. The second-order valence-corrected chi connectivity index (χ2v) is 2.16. The molecule has 1 rings (SSSR count). The highest BCUT2D eigenvalue weighted by Gasteiger charge is 1.80. The van der Waals surface area contributed by atoms with E-state index in [0.29, 0.717) is 0 Å². The molecule has 0 aliphatic heterocycles. The second-order valence-electron chi connectivity index (χ2n) is 2.16. The van der Waals surface area contributed by atoms with Gasteiger partial charge in [-0.1, -0.05) is 25.1 Å². The third-order valence-corrected chi connectivity index (χ3v) is 1.10. The van der Waals surface area contributed by atoms with Crippen molar-refractivity contribution in [1.29, 1.82) is 0 Å². The molecule has 0 aliphatic carbocycles. The van der Waals surface area contributed by atoms with Crippen LogP contribution in [0, 0.1) is 0 Å². The molecule has 4 heteroatoms. The van der Waals surface area contributed by atoms with Crippen molar-refractivity contribution >= 4 is 24.1 Å². The van der Waals surface area contributed by atoms with Gasteiger partial charge in [-0.25, -0.2) is 0 Å². The number of carboxylic acids is 1. The molecule has 0 radical (unpaired) electrons. The first-order valence-corrected chi connectivity index (χ1v) is 3.69. The van der Waals surface area contributed by atoms with Crippen molar-refractivity contribution in [2.24, 2.45) is 0 Å². The Balaban J connectivity index is 0. The SMILES string of the molecule is CCC(=O)O.Cl.Nc1ccccc1. The van der Waals surface area contributed by atoms with Gasteiger partial charge in [0.05, 0.1) is 0 Å². The average Bonchev–Trinajstić information content (AvgIpc) is 2.07. The number of nitrogens with two attached hydrogens (primary N) is 1. The minimum atomic E-state index is -0.745. The number of nitrogen functional groups attached to an aromatic ring is 1. The van der Waals surface area contributed by atoms with E-state index < -0.39 is 5.97 Å². The van der Waals surface area contributed by atoms with Crippen molar-refractivity contribution in [2.75, 3.05) is 5.73 Å². The molecule has 13 heavy (non-hydrogen) atoms. The molecule has 0 aromatic heterocycles. The summed E-state index contributed by atoms with van der Waals surface area (Å²) in [4.78, 5) is 9.37. The van der Waals surface area contributed by atoms with Gasteiger partial charge in [-0.2, -0.15) is 0 Å². The third kappa shape index (κ3) is 10.8. The van der Waals surface area contributed by atoms with Crippen molar-refractivity contribution in [3.05, 3.63) is 30.3 Å². The first kappa shape index (κ1) is 14.3. The number of hydrogen-bond donors (Lipinski definition) is 2. The number of carboxylic acid groups (broad SMARTS) is 1. The van der Waals surface area contributed by atoms with E-state index in [1.165, 1.54) is 0 Å². The van der Waals surface area contributed by atoms with Crippen molar-refractivity contribution in [2.45, 2.75) is 13.3 Å². The Bertz CT molecular complexity index is 226. The van der Waals surface area contributed by atoms with Crippen LogP contribution in [0.4, 0.5) is 5.69 Å². The van der Waals surface area contributed by atoms with Crippen LogP contribution in [0.1, 0.15) is 13.3 Å². The number of para-hydroxylation sites is 1. The van der Waals surface area contributed by atoms with E-state index >= 15 is 0 Å². The fraction of sp³-hybridized carbons (Fsp3) is 0.222. The maximum Gasteiger partial charge on any atom is 0.303 e. The Labute approximate surface area is 84.0 Å². The van der Waals surface area contributed by atoms with Crippen LogP contribution >= 0.6 is 12.4 Å². The summed E-state index contributed by atoms with van der Waals surface area (Å²) in [5, 5.41) is 7.72. The zero-order valence-corrected chi connectivity index (χ0v) is 8.25. The molecule has 0 spiro atoms. The molecule has 1 aromatic rings. The summed E-state index contributed by atoms with van der Waals surface area (Å²) in [5.74, 6) is -0.745. The van der Waals surface area contributed by atoms with Crippen molar-refractivity contribution in [3.8, 4) is 0 Å². The normalized spacial score (nSPS) is 7.46. The van der Waals surface area contributed by atoms with Crippen molar-refractivity contribution < 1.29 is 9.90 Å². The van der Waals surface area contributed by atoms with Crippen LogP contribution < -0.4 is 5.73 Å². The first-order valence-electron chi connectivity index (χ1n) is 3.69. The van der Waals surface area contributed by atoms with Crippen LogP contribution in [0.25, 0.3) is 0 Å². The Morgan fingerprint density at radius 3 is 1.92 bits per heavy atom. The number of carbonyl (C=O) groups is 1. The molecule has 3 nitrogen and oxygen atoms in total. The van der Waals surface area contributed by atoms with Crippen LogP contribution in [-0.4, -0.2) is 11.1 Å². The lowest BCUT2D eigenvalue weighted by atomic mass is 10.3. The molecule has 0 amide bonds. The molecule has 0 bridgehead atoms. The fourth-order valence-corrected chi connectivity index (χ4v) is 0.453. The number of aliphatic carboxylic acids is 1. The standard InChI is InChI=1S/C6H7N.C3H6O2.ClH/c7-6-4-2-1-3-5-6;1-2-3(4)5;/h1-5H,7H2;2H2,1H3,(H,4,5);1H. The lowest BCUT2D eigenvalue weighted by Crippen LogP contribution is -1.86. The molecule has 1 aromatic carbocycles. The van der Waals surface area contributed by atoms with Crippen LogP contribution in [-0.2, 0) is 4.79 Å². The number of benzene rings is 1. The average molecular weight is 204 g/mol. The molecule has 0 atom stereocenters. The number of hydrogen-bond acceptors (Lipinski definition) is 2. The largest absolute Gasteiger partial charge is 0.481 e. The van der Waals surface area contributed by atoms with Gasteiger partial charge in [0, 0.05) is 12.1 Å². The van der Waals surface area contributed by atoms with Gasteiger partial charge in [0.25, 0.3) is 0 Å². The summed E-state index contributed by atoms with van der Waals surface area (Å²) < 4.78 is 0. The van der Waals surface area contributed by atoms with Crippen LogP contribution in [0.5, 0.6) is 0 Å². The summed E-state index contributed by atoms with van der Waals surface area (Å²) in [6.07, 6.45) is 0.222. The van der Waals surface area contributed by atoms with E-state index in [1.54, 1.807) is 6.92 Å². The van der Waals surface area contributed by atoms with Gasteiger partial charge >= 0.3 is 5.97 Å². The molecular weight excluding hydrogens is 190 g/mol.